The number of rotatable bonds is 8. The number of nitrogens with one attached hydrogen (secondary N) is 1. The van der Waals surface area contributed by atoms with Gasteiger partial charge in [0.15, 0.2) is 0 Å². The molecule has 0 aromatic heterocycles. The standard InChI is InChI=1S/C33H59N.CHFO2/c1-8-21(2)20-34-31(25-10-9-11-25)24(5)30-23(4)19-29-27-13-12-26-18-22(3)14-16-32(26,6)28(27)15-17-33(29,30)7;2-4-1-3/h21-31,34H,8-20H2,1-7H3;1H/t21-,22?,23-,24-,26?,27+,28?,29?,30?,31+,32-,33-;/m0./s1. The zero-order valence-electron chi connectivity index (χ0n) is 25.8. The Kier molecular flexibility index (Phi) is 9.96. The molecule has 0 spiro atoms. The number of carbonyl (C=O) groups excluding carboxylic acids is 1. The lowest BCUT2D eigenvalue weighted by Crippen LogP contribution is -2.55. The highest BCUT2D eigenvalue weighted by Crippen LogP contribution is 2.69. The molecule has 1 N–H and O–H groups in total. The molecule has 0 aliphatic heterocycles. The second-order valence-corrected chi connectivity index (χ2v) is 15.5. The summed E-state index contributed by atoms with van der Waals surface area (Å²) in [6, 6.07) is 0.761. The van der Waals surface area contributed by atoms with Crippen LogP contribution in [0.3, 0.4) is 0 Å². The van der Waals surface area contributed by atoms with Gasteiger partial charge in [0.25, 0.3) is 0 Å². The van der Waals surface area contributed by atoms with Crippen molar-refractivity contribution in [3.05, 3.63) is 0 Å². The molecule has 0 bridgehead atoms. The van der Waals surface area contributed by atoms with Crippen LogP contribution in [0.15, 0.2) is 0 Å². The highest BCUT2D eigenvalue weighted by molar-refractivity contribution is 5.35. The van der Waals surface area contributed by atoms with Crippen LogP contribution in [0.25, 0.3) is 0 Å². The third-order valence-electron chi connectivity index (χ3n) is 13.6. The summed E-state index contributed by atoms with van der Waals surface area (Å²) in [4.78, 5) is 10.9. The van der Waals surface area contributed by atoms with Crippen LogP contribution in [0.1, 0.15) is 126 Å². The van der Waals surface area contributed by atoms with Gasteiger partial charge in [-0.25, -0.2) is 0 Å². The fraction of sp³-hybridized carbons (Fsp3) is 0.971. The first-order valence-corrected chi connectivity index (χ1v) is 16.5. The van der Waals surface area contributed by atoms with Crippen LogP contribution in [0.4, 0.5) is 4.53 Å². The van der Waals surface area contributed by atoms with Crippen molar-refractivity contribution in [3.8, 4) is 0 Å². The van der Waals surface area contributed by atoms with Crippen LogP contribution in [0.2, 0.25) is 0 Å². The molecule has 5 rings (SSSR count). The van der Waals surface area contributed by atoms with E-state index >= 15 is 0 Å². The van der Waals surface area contributed by atoms with Crippen LogP contribution in [0, 0.1) is 70.0 Å². The number of carbonyl (C=O) groups is 1. The van der Waals surface area contributed by atoms with Crippen molar-refractivity contribution in [2.75, 3.05) is 6.54 Å². The highest BCUT2D eigenvalue weighted by atomic mass is 19.3. The van der Waals surface area contributed by atoms with Crippen molar-refractivity contribution in [2.24, 2.45) is 70.0 Å². The maximum Gasteiger partial charge on any atom is 0.337 e. The average Bonchev–Trinajstić information content (AvgIpc) is 3.15. The maximum atomic E-state index is 9.85. The van der Waals surface area contributed by atoms with Crippen molar-refractivity contribution in [1.82, 2.24) is 5.32 Å². The second-order valence-electron chi connectivity index (χ2n) is 15.5. The quantitative estimate of drug-likeness (QED) is 0.316. The summed E-state index contributed by atoms with van der Waals surface area (Å²) < 4.78 is 9.85. The van der Waals surface area contributed by atoms with Gasteiger partial charge in [-0.3, -0.25) is 9.74 Å². The van der Waals surface area contributed by atoms with Crippen LogP contribution < -0.4 is 5.32 Å². The predicted octanol–water partition coefficient (Wildman–Crippen LogP) is 9.01. The molecule has 0 radical (unpaired) electrons. The maximum absolute atomic E-state index is 9.85. The Morgan fingerprint density at radius 2 is 1.66 bits per heavy atom. The molecule has 0 heterocycles. The lowest BCUT2D eigenvalue weighted by Gasteiger charge is -2.61. The summed E-state index contributed by atoms with van der Waals surface area (Å²) in [6.07, 6.45) is 18.0. The molecule has 0 aromatic carbocycles. The van der Waals surface area contributed by atoms with E-state index in [0.717, 1.165) is 65.2 Å². The molecular formula is C34H60FNO2. The Labute approximate surface area is 234 Å². The number of fused-ring (bicyclic) bond motifs is 5. The van der Waals surface area contributed by atoms with Gasteiger partial charge in [-0.1, -0.05) is 67.7 Å². The minimum absolute atomic E-state index is 0.292. The van der Waals surface area contributed by atoms with Gasteiger partial charge < -0.3 is 5.32 Å². The van der Waals surface area contributed by atoms with Gasteiger partial charge in [0, 0.05) is 10.6 Å². The van der Waals surface area contributed by atoms with Crippen LogP contribution in [-0.4, -0.2) is 19.1 Å². The molecule has 38 heavy (non-hydrogen) atoms. The largest absolute Gasteiger partial charge is 0.337 e. The zero-order chi connectivity index (χ0) is 27.7. The number of halogens is 1. The van der Waals surface area contributed by atoms with Gasteiger partial charge in [-0.15, -0.1) is 0 Å². The molecule has 12 atom stereocenters. The van der Waals surface area contributed by atoms with Crippen molar-refractivity contribution in [1.29, 1.82) is 0 Å². The second kappa shape index (κ2) is 12.5. The lowest BCUT2D eigenvalue weighted by atomic mass is 9.44. The van der Waals surface area contributed by atoms with Crippen LogP contribution >= 0.6 is 0 Å². The molecule has 0 aromatic rings. The summed E-state index contributed by atoms with van der Waals surface area (Å²) in [5.41, 5.74) is 1.25. The van der Waals surface area contributed by atoms with Gasteiger partial charge in [0.1, 0.15) is 0 Å². The molecule has 5 unspecified atom stereocenters. The summed E-state index contributed by atoms with van der Waals surface area (Å²) in [7, 11) is 0. The van der Waals surface area contributed by atoms with Crippen molar-refractivity contribution in [2.45, 2.75) is 132 Å². The van der Waals surface area contributed by atoms with E-state index in [4.69, 9.17) is 4.79 Å². The van der Waals surface area contributed by atoms with E-state index in [9.17, 15) is 4.53 Å². The van der Waals surface area contributed by atoms with E-state index in [-0.39, 0.29) is 6.47 Å². The average molecular weight is 534 g/mol. The molecule has 5 aliphatic rings. The Balaban J connectivity index is 0.000000786. The third-order valence-corrected chi connectivity index (χ3v) is 13.6. The Morgan fingerprint density at radius 1 is 0.974 bits per heavy atom. The first-order chi connectivity index (χ1) is 18.1. The first kappa shape index (κ1) is 30.3. The number of hydrogen-bond acceptors (Lipinski definition) is 3. The monoisotopic (exact) mass is 533 g/mol. The topological polar surface area (TPSA) is 38.3 Å². The van der Waals surface area contributed by atoms with Gasteiger partial charge in [0.2, 0.25) is 0 Å². The lowest BCUT2D eigenvalue weighted by molar-refractivity contribution is -0.165. The van der Waals surface area contributed by atoms with Crippen LogP contribution in [0.5, 0.6) is 0 Å². The molecule has 5 fully saturated rings. The van der Waals surface area contributed by atoms with Crippen molar-refractivity contribution in [3.63, 3.8) is 0 Å². The summed E-state index contributed by atoms with van der Waals surface area (Å²) >= 11 is 0. The van der Waals surface area contributed by atoms with Gasteiger partial charge in [0.05, 0.1) is 0 Å². The molecule has 5 aliphatic carbocycles. The normalized spacial score (nSPS) is 44.7. The molecular weight excluding hydrogens is 473 g/mol. The van der Waals surface area contributed by atoms with E-state index in [1.54, 1.807) is 19.3 Å². The number of hydrogen-bond donors (Lipinski definition) is 1. The smallest absolute Gasteiger partial charge is 0.313 e. The van der Waals surface area contributed by atoms with E-state index in [0.29, 0.717) is 10.8 Å². The SMILES string of the molecule is CC[C@H](C)CN[C@@H](C1CCC1)[C@@H](C)C1[C@@H](C)CC2[C@@H]3CCC4CC(C)CC[C@]4(C)C3CC[C@@]21C.O=COF. The minimum atomic E-state index is -0.292. The zero-order valence-corrected chi connectivity index (χ0v) is 25.8. The van der Waals surface area contributed by atoms with Crippen LogP contribution in [-0.2, 0) is 9.74 Å². The molecule has 5 saturated carbocycles. The van der Waals surface area contributed by atoms with Gasteiger partial charge in [-0.05, 0) is 134 Å². The predicted molar refractivity (Wildman–Crippen MR) is 155 cm³/mol. The Hall–Kier alpha value is -0.640. The minimum Gasteiger partial charge on any atom is -0.313 e. The molecule has 0 amide bonds. The van der Waals surface area contributed by atoms with Gasteiger partial charge >= 0.3 is 6.47 Å². The fourth-order valence-electron chi connectivity index (χ4n) is 11.3. The van der Waals surface area contributed by atoms with Gasteiger partial charge in [-0.2, -0.15) is 0 Å². The van der Waals surface area contributed by atoms with E-state index < -0.39 is 0 Å². The summed E-state index contributed by atoms with van der Waals surface area (Å²) in [5, 5.41) is 4.19. The van der Waals surface area contributed by atoms with Crippen molar-refractivity contribution < 1.29 is 14.3 Å². The van der Waals surface area contributed by atoms with E-state index in [2.05, 4.69) is 58.7 Å². The van der Waals surface area contributed by atoms with E-state index in [1.807, 2.05) is 0 Å². The molecule has 4 heteroatoms. The fourth-order valence-corrected chi connectivity index (χ4v) is 11.3. The Morgan fingerprint density at radius 3 is 2.26 bits per heavy atom. The summed E-state index contributed by atoms with van der Waals surface area (Å²) in [5.74, 6) is 9.49. The molecule has 0 saturated heterocycles. The highest BCUT2D eigenvalue weighted by Gasteiger charge is 2.62. The molecule has 220 valence electrons. The van der Waals surface area contributed by atoms with E-state index in [1.165, 1.54) is 64.3 Å². The summed E-state index contributed by atoms with van der Waals surface area (Å²) in [6.45, 7) is 19.2. The Bertz CT molecular complexity index is 772. The molecule has 3 nitrogen and oxygen atoms in total. The third kappa shape index (κ3) is 5.60. The van der Waals surface area contributed by atoms with Crippen molar-refractivity contribution >= 4 is 6.47 Å². The first-order valence-electron chi connectivity index (χ1n) is 16.5.